The van der Waals surface area contributed by atoms with E-state index in [2.05, 4.69) is 0 Å². The maximum absolute atomic E-state index is 12.8. The summed E-state index contributed by atoms with van der Waals surface area (Å²) in [6, 6.07) is 16.6. The van der Waals surface area contributed by atoms with Gasteiger partial charge in [-0.15, -0.1) is 0 Å². The van der Waals surface area contributed by atoms with Crippen LogP contribution in [0.15, 0.2) is 66.7 Å². The van der Waals surface area contributed by atoms with Crippen LogP contribution in [0.3, 0.4) is 0 Å². The van der Waals surface area contributed by atoms with E-state index in [9.17, 15) is 9.59 Å². The van der Waals surface area contributed by atoms with Crippen LogP contribution in [0.4, 0.5) is 0 Å². The number of hydrogen-bond acceptors (Lipinski definition) is 5. The predicted molar refractivity (Wildman–Crippen MR) is 102 cm³/mol. The van der Waals surface area contributed by atoms with Gasteiger partial charge in [0.1, 0.15) is 5.75 Å². The van der Waals surface area contributed by atoms with Crippen molar-refractivity contribution in [2.24, 2.45) is 0 Å². The molecule has 0 saturated carbocycles. The first kappa shape index (κ1) is 18.5. The molecule has 0 saturated heterocycles. The zero-order valence-electron chi connectivity index (χ0n) is 15.2. The number of ether oxygens (including phenoxy) is 3. The van der Waals surface area contributed by atoms with Crippen molar-refractivity contribution in [2.45, 2.75) is 12.5 Å². The van der Waals surface area contributed by atoms with Crippen molar-refractivity contribution >= 4 is 23.6 Å². The Bertz CT molecular complexity index is 898. The zero-order valence-corrected chi connectivity index (χ0v) is 15.2. The summed E-state index contributed by atoms with van der Waals surface area (Å²) in [5.41, 5.74) is 0.284. The van der Waals surface area contributed by atoms with E-state index < -0.39 is 17.5 Å². The molecule has 1 aliphatic rings. The number of cyclic esters (lactones) is 1. The van der Waals surface area contributed by atoms with Crippen molar-refractivity contribution in [1.29, 1.82) is 0 Å². The molecule has 0 spiro atoms. The number of benzene rings is 2. The van der Waals surface area contributed by atoms with E-state index in [-0.39, 0.29) is 6.61 Å². The summed E-state index contributed by atoms with van der Waals surface area (Å²) in [6.45, 7) is 1.88. The summed E-state index contributed by atoms with van der Waals surface area (Å²) in [4.78, 5) is 25.0. The Hall–Kier alpha value is -3.34. The molecule has 5 heteroatoms. The van der Waals surface area contributed by atoms with Crippen molar-refractivity contribution in [3.8, 4) is 5.75 Å². The standard InChI is InChI=1S/C22H20O5/c1-3-26-21(24)22(13-12-16-8-5-4-6-9-16)19(15-20(23)27-22)17-10-7-11-18(14-17)25-2/h4-15H,3H2,1-2H3/b13-12+. The molecular weight excluding hydrogens is 344 g/mol. The molecule has 3 rings (SSSR count). The quantitative estimate of drug-likeness (QED) is 0.732. The average Bonchev–Trinajstić information content (AvgIpc) is 3.05. The second kappa shape index (κ2) is 7.91. The first-order chi connectivity index (χ1) is 13.1. The number of rotatable bonds is 6. The van der Waals surface area contributed by atoms with Gasteiger partial charge in [-0.1, -0.05) is 48.5 Å². The third-order valence-corrected chi connectivity index (χ3v) is 4.19. The second-order valence-corrected chi connectivity index (χ2v) is 5.91. The van der Waals surface area contributed by atoms with Crippen LogP contribution in [0.1, 0.15) is 18.1 Å². The summed E-state index contributed by atoms with van der Waals surface area (Å²) in [6.07, 6.45) is 4.63. The van der Waals surface area contributed by atoms with Gasteiger partial charge in [-0.3, -0.25) is 0 Å². The highest BCUT2D eigenvalue weighted by Gasteiger charge is 2.50. The molecule has 1 heterocycles. The summed E-state index contributed by atoms with van der Waals surface area (Å²) < 4.78 is 16.0. The first-order valence-electron chi connectivity index (χ1n) is 8.60. The van der Waals surface area contributed by atoms with Crippen LogP contribution in [-0.4, -0.2) is 31.3 Å². The van der Waals surface area contributed by atoms with Gasteiger partial charge in [0.2, 0.25) is 0 Å². The summed E-state index contributed by atoms with van der Waals surface area (Å²) in [5, 5.41) is 0. The first-order valence-corrected chi connectivity index (χ1v) is 8.60. The van der Waals surface area contributed by atoms with Crippen LogP contribution in [0.5, 0.6) is 5.75 Å². The molecule has 1 aliphatic heterocycles. The van der Waals surface area contributed by atoms with Crippen LogP contribution in [0.25, 0.3) is 11.6 Å². The number of esters is 2. The van der Waals surface area contributed by atoms with Gasteiger partial charge in [-0.25, -0.2) is 9.59 Å². The molecule has 27 heavy (non-hydrogen) atoms. The SMILES string of the molecule is CCOC(=O)C1(/C=C/c2ccccc2)OC(=O)C=C1c1cccc(OC)c1. The van der Waals surface area contributed by atoms with Crippen LogP contribution in [0, 0.1) is 0 Å². The lowest BCUT2D eigenvalue weighted by Crippen LogP contribution is -2.40. The highest BCUT2D eigenvalue weighted by molar-refractivity contribution is 6.11. The van der Waals surface area contributed by atoms with Crippen molar-refractivity contribution in [1.82, 2.24) is 0 Å². The van der Waals surface area contributed by atoms with E-state index in [4.69, 9.17) is 14.2 Å². The minimum atomic E-state index is -1.64. The number of carbonyl (C=O) groups excluding carboxylic acids is 2. The Morgan fingerprint density at radius 2 is 1.93 bits per heavy atom. The van der Waals surface area contributed by atoms with E-state index in [1.54, 1.807) is 50.5 Å². The van der Waals surface area contributed by atoms with Crippen molar-refractivity contribution in [3.63, 3.8) is 0 Å². The molecule has 0 N–H and O–H groups in total. The van der Waals surface area contributed by atoms with Gasteiger partial charge < -0.3 is 14.2 Å². The van der Waals surface area contributed by atoms with Gasteiger partial charge in [0.05, 0.1) is 13.7 Å². The fourth-order valence-electron chi connectivity index (χ4n) is 2.92. The summed E-state index contributed by atoms with van der Waals surface area (Å²) in [5.74, 6) is -0.631. The third kappa shape index (κ3) is 3.77. The van der Waals surface area contributed by atoms with Crippen molar-refractivity contribution in [3.05, 3.63) is 77.9 Å². The molecule has 0 aliphatic carbocycles. The lowest BCUT2D eigenvalue weighted by atomic mass is 9.88. The molecule has 0 bridgehead atoms. The van der Waals surface area contributed by atoms with E-state index in [0.717, 1.165) is 5.56 Å². The van der Waals surface area contributed by atoms with Crippen LogP contribution < -0.4 is 4.74 Å². The molecule has 0 fully saturated rings. The van der Waals surface area contributed by atoms with Crippen LogP contribution in [0.2, 0.25) is 0 Å². The van der Waals surface area contributed by atoms with Crippen molar-refractivity contribution in [2.75, 3.05) is 13.7 Å². The Morgan fingerprint density at radius 1 is 1.15 bits per heavy atom. The zero-order chi connectivity index (χ0) is 19.3. The second-order valence-electron chi connectivity index (χ2n) is 5.91. The molecule has 1 atom stereocenters. The Balaban J connectivity index is 2.10. The van der Waals surface area contributed by atoms with Gasteiger partial charge in [0.15, 0.2) is 0 Å². The molecule has 2 aromatic carbocycles. The summed E-state index contributed by atoms with van der Waals surface area (Å²) >= 11 is 0. The number of hydrogen-bond donors (Lipinski definition) is 0. The normalized spacial score (nSPS) is 18.9. The van der Waals surface area contributed by atoms with Crippen LogP contribution >= 0.6 is 0 Å². The predicted octanol–water partition coefficient (Wildman–Crippen LogP) is 3.65. The number of methoxy groups -OCH3 is 1. The largest absolute Gasteiger partial charge is 0.497 e. The minimum Gasteiger partial charge on any atom is -0.497 e. The van der Waals surface area contributed by atoms with E-state index in [0.29, 0.717) is 16.9 Å². The Labute approximate surface area is 157 Å². The smallest absolute Gasteiger partial charge is 0.359 e. The lowest BCUT2D eigenvalue weighted by Gasteiger charge is -2.26. The Kier molecular flexibility index (Phi) is 5.41. The lowest BCUT2D eigenvalue weighted by molar-refractivity contribution is -0.165. The van der Waals surface area contributed by atoms with Gasteiger partial charge in [-0.2, -0.15) is 0 Å². The van der Waals surface area contributed by atoms with E-state index in [1.807, 2.05) is 30.3 Å². The number of carbonyl (C=O) groups is 2. The monoisotopic (exact) mass is 364 g/mol. The molecule has 0 radical (unpaired) electrons. The van der Waals surface area contributed by atoms with Crippen molar-refractivity contribution < 1.29 is 23.8 Å². The van der Waals surface area contributed by atoms with Gasteiger partial charge in [-0.05, 0) is 36.3 Å². The van der Waals surface area contributed by atoms with E-state index in [1.165, 1.54) is 6.08 Å². The summed E-state index contributed by atoms with van der Waals surface area (Å²) in [7, 11) is 1.55. The molecule has 1 unspecified atom stereocenters. The molecule has 2 aromatic rings. The average molecular weight is 364 g/mol. The maximum Gasteiger partial charge on any atom is 0.359 e. The maximum atomic E-state index is 12.8. The highest BCUT2D eigenvalue weighted by atomic mass is 16.6. The topological polar surface area (TPSA) is 61.8 Å². The van der Waals surface area contributed by atoms with Gasteiger partial charge >= 0.3 is 11.9 Å². The van der Waals surface area contributed by atoms with Gasteiger partial charge in [0, 0.05) is 11.6 Å². The third-order valence-electron chi connectivity index (χ3n) is 4.19. The fourth-order valence-corrected chi connectivity index (χ4v) is 2.92. The molecule has 0 aromatic heterocycles. The Morgan fingerprint density at radius 3 is 2.63 bits per heavy atom. The van der Waals surface area contributed by atoms with Gasteiger partial charge in [0.25, 0.3) is 5.60 Å². The molecular formula is C22H20O5. The molecule has 0 amide bonds. The fraction of sp³-hybridized carbons (Fsp3) is 0.182. The minimum absolute atomic E-state index is 0.169. The molecule has 5 nitrogen and oxygen atoms in total. The van der Waals surface area contributed by atoms with E-state index >= 15 is 0 Å². The molecule has 138 valence electrons. The highest BCUT2D eigenvalue weighted by Crippen LogP contribution is 2.39. The van der Waals surface area contributed by atoms with Crippen LogP contribution in [-0.2, 0) is 19.1 Å².